The van der Waals surface area contributed by atoms with Crippen molar-refractivity contribution >= 4 is 21.8 Å². The third-order valence-corrected chi connectivity index (χ3v) is 5.00. The summed E-state index contributed by atoms with van der Waals surface area (Å²) < 4.78 is 3.07. The van der Waals surface area contributed by atoms with Gasteiger partial charge in [0.2, 0.25) is 5.91 Å². The van der Waals surface area contributed by atoms with Crippen LogP contribution in [0.4, 0.5) is 0 Å². The second-order valence-corrected chi connectivity index (χ2v) is 6.32. The molecule has 0 aromatic carbocycles. The van der Waals surface area contributed by atoms with Crippen molar-refractivity contribution < 1.29 is 4.79 Å². The maximum absolute atomic E-state index is 12.1. The summed E-state index contributed by atoms with van der Waals surface area (Å²) in [6, 6.07) is 0. The zero-order valence-corrected chi connectivity index (χ0v) is 14.6. The normalized spacial score (nSPS) is 15.5. The van der Waals surface area contributed by atoms with Gasteiger partial charge in [-0.15, -0.1) is 0 Å². The number of aryl methyl sites for hydroxylation is 2. The number of carbonyl (C=O) groups excluding carboxylic acids is 1. The Labute approximate surface area is 135 Å². The van der Waals surface area contributed by atoms with E-state index in [2.05, 4.69) is 33.3 Å². The first-order valence-corrected chi connectivity index (χ1v) is 8.63. The summed E-state index contributed by atoms with van der Waals surface area (Å²) in [5.74, 6) is 0.279. The van der Waals surface area contributed by atoms with Crippen LogP contribution in [0.1, 0.15) is 44.0 Å². The van der Waals surface area contributed by atoms with Crippen molar-refractivity contribution in [2.45, 2.75) is 52.6 Å². The Bertz CT molecular complexity index is 480. The molecule has 1 aliphatic heterocycles. The predicted molar refractivity (Wildman–Crippen MR) is 87.1 cm³/mol. The van der Waals surface area contributed by atoms with Crippen LogP contribution in [-0.2, 0) is 17.9 Å². The molecule has 0 saturated carbocycles. The number of nitrogens with zero attached hydrogens (tertiary/aromatic N) is 3. The van der Waals surface area contributed by atoms with Gasteiger partial charge in [0.1, 0.15) is 0 Å². The fourth-order valence-corrected chi connectivity index (χ4v) is 3.17. The van der Waals surface area contributed by atoms with Gasteiger partial charge in [0.25, 0.3) is 0 Å². The number of nitrogens with one attached hydrogen (secondary N) is 1. The predicted octanol–water partition coefficient (Wildman–Crippen LogP) is 2.47. The van der Waals surface area contributed by atoms with Crippen molar-refractivity contribution in [2.75, 3.05) is 19.6 Å². The van der Waals surface area contributed by atoms with E-state index in [-0.39, 0.29) is 5.91 Å². The number of hydrogen-bond acceptors (Lipinski definition) is 3. The third kappa shape index (κ3) is 4.30. The van der Waals surface area contributed by atoms with Crippen molar-refractivity contribution in [2.24, 2.45) is 0 Å². The van der Waals surface area contributed by atoms with Crippen LogP contribution in [0, 0.1) is 6.92 Å². The van der Waals surface area contributed by atoms with Crippen LogP contribution in [0.15, 0.2) is 4.47 Å². The number of likely N-dealkylation sites (tertiary alicyclic amines) is 1. The summed E-state index contributed by atoms with van der Waals surface area (Å²) in [5.41, 5.74) is 2.17. The number of halogens is 1. The molecule has 1 amide bonds. The number of aromatic nitrogens is 2. The van der Waals surface area contributed by atoms with E-state index < -0.39 is 0 Å². The molecule has 0 radical (unpaired) electrons. The first-order valence-electron chi connectivity index (χ1n) is 7.83. The van der Waals surface area contributed by atoms with Crippen LogP contribution >= 0.6 is 15.9 Å². The van der Waals surface area contributed by atoms with Gasteiger partial charge in [-0.2, -0.15) is 5.10 Å². The molecule has 1 aromatic rings. The first-order chi connectivity index (χ1) is 10.1. The van der Waals surface area contributed by atoms with Gasteiger partial charge in [-0.3, -0.25) is 9.48 Å². The third-order valence-electron chi connectivity index (χ3n) is 3.97. The van der Waals surface area contributed by atoms with Crippen LogP contribution in [0.25, 0.3) is 0 Å². The van der Waals surface area contributed by atoms with Gasteiger partial charge in [-0.1, -0.05) is 0 Å². The minimum Gasteiger partial charge on any atom is -0.343 e. The van der Waals surface area contributed by atoms with E-state index in [1.54, 1.807) is 0 Å². The second kappa shape index (κ2) is 7.94. The Balaban J connectivity index is 1.75. The number of hydrogen-bond donors (Lipinski definition) is 1. The molecule has 0 bridgehead atoms. The van der Waals surface area contributed by atoms with E-state index in [1.165, 1.54) is 6.42 Å². The van der Waals surface area contributed by atoms with E-state index >= 15 is 0 Å². The maximum atomic E-state index is 12.1. The average molecular weight is 357 g/mol. The first kappa shape index (κ1) is 16.5. The fraction of sp³-hybridized carbons (Fsp3) is 0.733. The topological polar surface area (TPSA) is 50.2 Å². The molecule has 0 aliphatic carbocycles. The summed E-state index contributed by atoms with van der Waals surface area (Å²) in [6.07, 6.45) is 4.15. The molecule has 21 heavy (non-hydrogen) atoms. The molecule has 118 valence electrons. The molecule has 1 N–H and O–H groups in total. The van der Waals surface area contributed by atoms with Crippen molar-refractivity contribution in [1.29, 1.82) is 0 Å². The monoisotopic (exact) mass is 356 g/mol. The summed E-state index contributed by atoms with van der Waals surface area (Å²) in [5, 5.41) is 7.83. The zero-order valence-electron chi connectivity index (χ0n) is 13.0. The smallest absolute Gasteiger partial charge is 0.223 e. The number of rotatable bonds is 6. The maximum Gasteiger partial charge on any atom is 0.223 e. The van der Waals surface area contributed by atoms with Gasteiger partial charge in [0, 0.05) is 39.1 Å². The van der Waals surface area contributed by atoms with Gasteiger partial charge in [-0.05, 0) is 49.0 Å². The Morgan fingerprint density at radius 1 is 1.33 bits per heavy atom. The Hall–Kier alpha value is -0.880. The van der Waals surface area contributed by atoms with Gasteiger partial charge < -0.3 is 10.2 Å². The van der Waals surface area contributed by atoms with Crippen LogP contribution in [0.5, 0.6) is 0 Å². The van der Waals surface area contributed by atoms with E-state index in [9.17, 15) is 4.79 Å². The van der Waals surface area contributed by atoms with Crippen LogP contribution in [-0.4, -0.2) is 40.2 Å². The summed E-state index contributed by atoms with van der Waals surface area (Å²) in [6.45, 7) is 8.27. The van der Waals surface area contributed by atoms with Crippen LogP contribution < -0.4 is 5.32 Å². The van der Waals surface area contributed by atoms with E-state index in [0.29, 0.717) is 6.42 Å². The van der Waals surface area contributed by atoms with Gasteiger partial charge in [0.05, 0.1) is 15.9 Å². The number of amides is 1. The lowest BCUT2D eigenvalue weighted by Gasteiger charge is -2.26. The SMILES string of the molecule is CCn1nc(C)c(Br)c1CNCCC(=O)N1CCCCC1. The van der Waals surface area contributed by atoms with Crippen LogP contribution in [0.2, 0.25) is 0 Å². The summed E-state index contributed by atoms with van der Waals surface area (Å²) in [7, 11) is 0. The van der Waals surface area contributed by atoms with Gasteiger partial charge in [-0.25, -0.2) is 0 Å². The summed E-state index contributed by atoms with van der Waals surface area (Å²) in [4.78, 5) is 14.1. The van der Waals surface area contributed by atoms with Crippen LogP contribution in [0.3, 0.4) is 0 Å². The second-order valence-electron chi connectivity index (χ2n) is 5.53. The highest BCUT2D eigenvalue weighted by Crippen LogP contribution is 2.20. The van der Waals surface area contributed by atoms with Gasteiger partial charge in [0.15, 0.2) is 0 Å². The molecule has 0 atom stereocenters. The van der Waals surface area contributed by atoms with Crippen molar-refractivity contribution in [3.8, 4) is 0 Å². The Kier molecular flexibility index (Phi) is 6.23. The average Bonchev–Trinajstić information content (AvgIpc) is 2.79. The highest BCUT2D eigenvalue weighted by molar-refractivity contribution is 9.10. The van der Waals surface area contributed by atoms with Crippen molar-refractivity contribution in [3.63, 3.8) is 0 Å². The number of carbonyl (C=O) groups is 1. The molecule has 6 heteroatoms. The Morgan fingerprint density at radius 3 is 2.71 bits per heavy atom. The highest BCUT2D eigenvalue weighted by atomic mass is 79.9. The standard InChI is InChI=1S/C15H25BrN4O/c1-3-20-13(15(16)12(2)18-20)11-17-8-7-14(21)19-9-5-4-6-10-19/h17H,3-11H2,1-2H3. The molecule has 1 aliphatic rings. The number of piperidine rings is 1. The molecule has 0 unspecified atom stereocenters. The van der Waals surface area contributed by atoms with E-state index in [0.717, 1.165) is 61.4 Å². The fourth-order valence-electron chi connectivity index (χ4n) is 2.74. The highest BCUT2D eigenvalue weighted by Gasteiger charge is 2.16. The molecule has 2 rings (SSSR count). The van der Waals surface area contributed by atoms with Crippen molar-refractivity contribution in [1.82, 2.24) is 20.0 Å². The zero-order chi connectivity index (χ0) is 15.2. The molecular formula is C15H25BrN4O. The lowest BCUT2D eigenvalue weighted by Crippen LogP contribution is -2.37. The molecule has 1 aromatic heterocycles. The largest absolute Gasteiger partial charge is 0.343 e. The molecule has 2 heterocycles. The molecular weight excluding hydrogens is 332 g/mol. The minimum absolute atomic E-state index is 0.279. The summed E-state index contributed by atoms with van der Waals surface area (Å²) >= 11 is 3.59. The lowest BCUT2D eigenvalue weighted by molar-refractivity contribution is -0.131. The Morgan fingerprint density at radius 2 is 2.05 bits per heavy atom. The minimum atomic E-state index is 0.279. The van der Waals surface area contributed by atoms with E-state index in [4.69, 9.17) is 0 Å². The van der Waals surface area contributed by atoms with Crippen molar-refractivity contribution in [3.05, 3.63) is 15.9 Å². The molecule has 1 saturated heterocycles. The molecule has 5 nitrogen and oxygen atoms in total. The van der Waals surface area contributed by atoms with Gasteiger partial charge >= 0.3 is 0 Å². The van der Waals surface area contributed by atoms with E-state index in [1.807, 2.05) is 16.5 Å². The molecule has 1 fully saturated rings. The lowest BCUT2D eigenvalue weighted by atomic mass is 10.1. The quantitative estimate of drug-likeness (QED) is 0.796. The molecule has 0 spiro atoms.